The van der Waals surface area contributed by atoms with Gasteiger partial charge in [0.1, 0.15) is 5.78 Å². The molecule has 1 heterocycles. The van der Waals surface area contributed by atoms with Crippen LogP contribution in [0.5, 0.6) is 0 Å². The summed E-state index contributed by atoms with van der Waals surface area (Å²) in [5.74, 6) is 1.19. The highest BCUT2D eigenvalue weighted by Crippen LogP contribution is 2.34. The summed E-state index contributed by atoms with van der Waals surface area (Å²) in [4.78, 5) is 14.1. The summed E-state index contributed by atoms with van der Waals surface area (Å²) >= 11 is 0. The SMILES string of the molecule is CCC(=O)C(C)N1CCCC(C(C)(C)C)CC1. The smallest absolute Gasteiger partial charge is 0.149 e. The van der Waals surface area contributed by atoms with E-state index in [-0.39, 0.29) is 6.04 Å². The lowest BCUT2D eigenvalue weighted by Crippen LogP contribution is -2.39. The first-order chi connectivity index (χ1) is 7.86. The lowest BCUT2D eigenvalue weighted by Gasteiger charge is -2.30. The molecule has 1 aliphatic heterocycles. The van der Waals surface area contributed by atoms with Crippen LogP contribution in [0, 0.1) is 11.3 Å². The van der Waals surface area contributed by atoms with Gasteiger partial charge >= 0.3 is 0 Å². The highest BCUT2D eigenvalue weighted by molar-refractivity contribution is 5.83. The van der Waals surface area contributed by atoms with Crippen molar-refractivity contribution < 1.29 is 4.79 Å². The molecular weight excluding hydrogens is 210 g/mol. The molecule has 1 aliphatic rings. The fourth-order valence-corrected chi connectivity index (χ4v) is 2.87. The standard InChI is InChI=1S/C15H29NO/c1-6-14(17)12(2)16-10-7-8-13(9-11-16)15(3,4)5/h12-13H,6-11H2,1-5H3. The lowest BCUT2D eigenvalue weighted by molar-refractivity contribution is -0.123. The quantitative estimate of drug-likeness (QED) is 0.751. The van der Waals surface area contributed by atoms with Crippen molar-refractivity contribution in [3.05, 3.63) is 0 Å². The average molecular weight is 239 g/mol. The van der Waals surface area contributed by atoms with E-state index in [0.29, 0.717) is 17.6 Å². The molecule has 1 rings (SSSR count). The predicted octanol–water partition coefficient (Wildman–Crippen LogP) is 3.50. The normalized spacial score (nSPS) is 25.4. The molecule has 2 unspecified atom stereocenters. The minimum atomic E-state index is 0.124. The molecule has 0 saturated carbocycles. The summed E-state index contributed by atoms with van der Waals surface area (Å²) < 4.78 is 0. The van der Waals surface area contributed by atoms with Crippen LogP contribution in [0.2, 0.25) is 0 Å². The molecule has 2 atom stereocenters. The molecule has 100 valence electrons. The van der Waals surface area contributed by atoms with Gasteiger partial charge in [-0.2, -0.15) is 0 Å². The van der Waals surface area contributed by atoms with Gasteiger partial charge in [-0.25, -0.2) is 0 Å². The predicted molar refractivity (Wildman–Crippen MR) is 73.1 cm³/mol. The van der Waals surface area contributed by atoms with Gasteiger partial charge in [-0.15, -0.1) is 0 Å². The Morgan fingerprint density at radius 2 is 1.94 bits per heavy atom. The third kappa shape index (κ3) is 4.09. The number of Topliss-reactive ketones (excluding diaryl/α,β-unsaturated/α-hetero) is 1. The Hall–Kier alpha value is -0.370. The third-order valence-corrected chi connectivity index (χ3v) is 4.35. The van der Waals surface area contributed by atoms with Gasteiger partial charge in [0.25, 0.3) is 0 Å². The summed E-state index contributed by atoms with van der Waals surface area (Å²) in [5, 5.41) is 0. The Labute approximate surface area is 107 Å². The number of hydrogen-bond acceptors (Lipinski definition) is 2. The molecular formula is C15H29NO. The maximum atomic E-state index is 11.8. The van der Waals surface area contributed by atoms with E-state index in [1.54, 1.807) is 0 Å². The largest absolute Gasteiger partial charge is 0.298 e. The zero-order chi connectivity index (χ0) is 13.1. The van der Waals surface area contributed by atoms with Crippen LogP contribution in [0.15, 0.2) is 0 Å². The van der Waals surface area contributed by atoms with Gasteiger partial charge < -0.3 is 0 Å². The molecule has 0 bridgehead atoms. The Morgan fingerprint density at radius 3 is 2.47 bits per heavy atom. The number of rotatable bonds is 3. The van der Waals surface area contributed by atoms with Gasteiger partial charge in [0.15, 0.2) is 0 Å². The molecule has 2 nitrogen and oxygen atoms in total. The van der Waals surface area contributed by atoms with Crippen molar-refractivity contribution >= 4 is 5.78 Å². The van der Waals surface area contributed by atoms with Crippen molar-refractivity contribution in [2.75, 3.05) is 13.1 Å². The van der Waals surface area contributed by atoms with Crippen molar-refractivity contribution in [1.82, 2.24) is 4.90 Å². The van der Waals surface area contributed by atoms with E-state index in [4.69, 9.17) is 0 Å². The molecule has 0 N–H and O–H groups in total. The van der Waals surface area contributed by atoms with E-state index < -0.39 is 0 Å². The lowest BCUT2D eigenvalue weighted by atomic mass is 9.77. The number of likely N-dealkylation sites (tertiary alicyclic amines) is 1. The van der Waals surface area contributed by atoms with Gasteiger partial charge in [-0.1, -0.05) is 27.7 Å². The van der Waals surface area contributed by atoms with Gasteiger partial charge in [-0.3, -0.25) is 9.69 Å². The summed E-state index contributed by atoms with van der Waals surface area (Å²) in [5.41, 5.74) is 0.411. The second-order valence-electron chi connectivity index (χ2n) is 6.53. The molecule has 1 fully saturated rings. The van der Waals surface area contributed by atoms with Crippen molar-refractivity contribution in [2.45, 2.75) is 66.3 Å². The fraction of sp³-hybridized carbons (Fsp3) is 0.933. The molecule has 17 heavy (non-hydrogen) atoms. The molecule has 1 saturated heterocycles. The van der Waals surface area contributed by atoms with Crippen LogP contribution < -0.4 is 0 Å². The molecule has 0 radical (unpaired) electrons. The van der Waals surface area contributed by atoms with Crippen molar-refractivity contribution in [3.63, 3.8) is 0 Å². The summed E-state index contributed by atoms with van der Waals surface area (Å²) in [7, 11) is 0. The van der Waals surface area contributed by atoms with Crippen LogP contribution in [0.1, 0.15) is 60.3 Å². The zero-order valence-corrected chi connectivity index (χ0v) is 12.3. The monoisotopic (exact) mass is 239 g/mol. The Bertz CT molecular complexity index is 254. The van der Waals surface area contributed by atoms with Crippen LogP contribution in [0.25, 0.3) is 0 Å². The Balaban J connectivity index is 2.56. The molecule has 0 spiro atoms. The molecule has 0 amide bonds. The van der Waals surface area contributed by atoms with Gasteiger partial charge in [0.05, 0.1) is 6.04 Å². The number of ketones is 1. The van der Waals surface area contributed by atoms with Crippen molar-refractivity contribution in [3.8, 4) is 0 Å². The minimum Gasteiger partial charge on any atom is -0.298 e. The number of carbonyl (C=O) groups excluding carboxylic acids is 1. The van der Waals surface area contributed by atoms with E-state index >= 15 is 0 Å². The molecule has 0 aromatic rings. The van der Waals surface area contributed by atoms with Crippen LogP contribution in [0.4, 0.5) is 0 Å². The molecule has 0 aromatic carbocycles. The summed E-state index contributed by atoms with van der Waals surface area (Å²) in [6, 6.07) is 0.124. The first-order valence-corrected chi connectivity index (χ1v) is 7.13. The molecule has 2 heteroatoms. The number of hydrogen-bond donors (Lipinski definition) is 0. The van der Waals surface area contributed by atoms with Crippen molar-refractivity contribution in [2.24, 2.45) is 11.3 Å². The highest BCUT2D eigenvalue weighted by Gasteiger charge is 2.29. The minimum absolute atomic E-state index is 0.124. The van der Waals surface area contributed by atoms with E-state index in [0.717, 1.165) is 19.0 Å². The van der Waals surface area contributed by atoms with E-state index in [1.807, 2.05) is 6.92 Å². The van der Waals surface area contributed by atoms with Gasteiger partial charge in [-0.05, 0) is 50.6 Å². The maximum absolute atomic E-state index is 11.8. The molecule has 0 aliphatic carbocycles. The van der Waals surface area contributed by atoms with E-state index in [1.165, 1.54) is 19.3 Å². The first kappa shape index (κ1) is 14.7. The maximum Gasteiger partial charge on any atom is 0.149 e. The summed E-state index contributed by atoms with van der Waals surface area (Å²) in [6.45, 7) is 13.3. The second kappa shape index (κ2) is 5.99. The van der Waals surface area contributed by atoms with Crippen LogP contribution in [-0.4, -0.2) is 29.8 Å². The fourth-order valence-electron chi connectivity index (χ4n) is 2.87. The van der Waals surface area contributed by atoms with Crippen LogP contribution in [0.3, 0.4) is 0 Å². The Morgan fingerprint density at radius 1 is 1.29 bits per heavy atom. The third-order valence-electron chi connectivity index (χ3n) is 4.35. The number of carbonyl (C=O) groups is 1. The van der Waals surface area contributed by atoms with E-state index in [9.17, 15) is 4.79 Å². The van der Waals surface area contributed by atoms with Crippen LogP contribution >= 0.6 is 0 Å². The van der Waals surface area contributed by atoms with Gasteiger partial charge in [0.2, 0.25) is 0 Å². The summed E-state index contributed by atoms with van der Waals surface area (Å²) in [6.07, 6.45) is 4.46. The highest BCUT2D eigenvalue weighted by atomic mass is 16.1. The number of nitrogens with zero attached hydrogens (tertiary/aromatic N) is 1. The molecule has 0 aromatic heterocycles. The van der Waals surface area contributed by atoms with Crippen molar-refractivity contribution in [1.29, 1.82) is 0 Å². The zero-order valence-electron chi connectivity index (χ0n) is 12.3. The second-order valence-corrected chi connectivity index (χ2v) is 6.53. The van der Waals surface area contributed by atoms with Gasteiger partial charge in [0, 0.05) is 6.42 Å². The average Bonchev–Trinajstić information content (AvgIpc) is 2.51. The van der Waals surface area contributed by atoms with E-state index in [2.05, 4.69) is 32.6 Å². The van der Waals surface area contributed by atoms with Crippen LogP contribution in [-0.2, 0) is 4.79 Å². The Kier molecular flexibility index (Phi) is 5.18. The topological polar surface area (TPSA) is 20.3 Å². The first-order valence-electron chi connectivity index (χ1n) is 7.13.